The summed E-state index contributed by atoms with van der Waals surface area (Å²) in [6.45, 7) is 2.60. The predicted octanol–water partition coefficient (Wildman–Crippen LogP) is 4.00. The molecule has 5 N–H and O–H groups in total. The lowest BCUT2D eigenvalue weighted by Crippen LogP contribution is -2.27. The summed E-state index contributed by atoms with van der Waals surface area (Å²) in [4.78, 5) is 25.9. The van der Waals surface area contributed by atoms with Gasteiger partial charge in [-0.1, -0.05) is 24.3 Å². The van der Waals surface area contributed by atoms with Crippen LogP contribution in [0.25, 0.3) is 0 Å². The number of hydrogen-bond acceptors (Lipinski definition) is 11. The molecule has 0 atom stereocenters. The van der Waals surface area contributed by atoms with E-state index in [-0.39, 0.29) is 11.7 Å². The third-order valence-corrected chi connectivity index (χ3v) is 5.84. The fourth-order valence-electron chi connectivity index (χ4n) is 3.18. The van der Waals surface area contributed by atoms with Gasteiger partial charge < -0.3 is 35.8 Å². The van der Waals surface area contributed by atoms with Crippen molar-refractivity contribution in [1.29, 1.82) is 0 Å². The topological polar surface area (TPSA) is 143 Å². The SMILES string of the molecule is O=C(NCCOCCOCCNc1nc(Nc2ccccc2)nc(Nc2ccc(O)cc2)n1)c1cccs1. The molecule has 0 saturated heterocycles. The van der Waals surface area contributed by atoms with Crippen molar-refractivity contribution in [2.24, 2.45) is 0 Å². The molecule has 0 unspecified atom stereocenters. The minimum atomic E-state index is -0.0900. The van der Waals surface area contributed by atoms with Crippen LogP contribution in [0.3, 0.4) is 0 Å². The van der Waals surface area contributed by atoms with Gasteiger partial charge >= 0.3 is 0 Å². The van der Waals surface area contributed by atoms with Gasteiger partial charge in [0.1, 0.15) is 5.75 Å². The fourth-order valence-corrected chi connectivity index (χ4v) is 3.82. The van der Waals surface area contributed by atoms with Gasteiger partial charge in [0.2, 0.25) is 17.8 Å². The molecule has 0 aliphatic rings. The molecule has 2 aromatic heterocycles. The summed E-state index contributed by atoms with van der Waals surface area (Å²) in [5.74, 6) is 1.17. The lowest BCUT2D eigenvalue weighted by molar-refractivity contribution is 0.0519. The maximum Gasteiger partial charge on any atom is 0.261 e. The van der Waals surface area contributed by atoms with Crippen LogP contribution in [0.1, 0.15) is 9.67 Å². The van der Waals surface area contributed by atoms with Gasteiger partial charge in [-0.2, -0.15) is 15.0 Å². The van der Waals surface area contributed by atoms with Crippen molar-refractivity contribution in [3.8, 4) is 5.75 Å². The minimum Gasteiger partial charge on any atom is -0.508 e. The first-order chi connectivity index (χ1) is 18.7. The first-order valence-electron chi connectivity index (χ1n) is 12.0. The third-order valence-electron chi connectivity index (χ3n) is 4.97. The molecule has 2 aromatic carbocycles. The van der Waals surface area contributed by atoms with Crippen LogP contribution in [-0.4, -0.2) is 65.5 Å². The Morgan fingerprint density at radius 3 is 2.03 bits per heavy atom. The van der Waals surface area contributed by atoms with Crippen molar-refractivity contribution in [3.05, 3.63) is 77.0 Å². The largest absolute Gasteiger partial charge is 0.508 e. The second kappa shape index (κ2) is 14.5. The quantitative estimate of drug-likeness (QED) is 0.112. The Balaban J connectivity index is 1.19. The highest BCUT2D eigenvalue weighted by Crippen LogP contribution is 2.20. The summed E-state index contributed by atoms with van der Waals surface area (Å²) < 4.78 is 11.1. The van der Waals surface area contributed by atoms with E-state index < -0.39 is 0 Å². The minimum absolute atomic E-state index is 0.0900. The number of anilines is 5. The highest BCUT2D eigenvalue weighted by atomic mass is 32.1. The number of hydrogen-bond donors (Lipinski definition) is 5. The molecule has 2 heterocycles. The number of benzene rings is 2. The Hall–Kier alpha value is -4.26. The van der Waals surface area contributed by atoms with E-state index in [1.54, 1.807) is 30.3 Å². The van der Waals surface area contributed by atoms with E-state index in [1.165, 1.54) is 11.3 Å². The van der Waals surface area contributed by atoms with Crippen LogP contribution in [0.15, 0.2) is 72.1 Å². The van der Waals surface area contributed by atoms with Gasteiger partial charge in [-0.3, -0.25) is 4.79 Å². The van der Waals surface area contributed by atoms with Gasteiger partial charge in [-0.15, -0.1) is 11.3 Å². The average Bonchev–Trinajstić information content (AvgIpc) is 3.47. The maximum atomic E-state index is 11.8. The van der Waals surface area contributed by atoms with Gasteiger partial charge in [-0.05, 0) is 47.8 Å². The van der Waals surface area contributed by atoms with E-state index in [0.29, 0.717) is 62.2 Å². The zero-order chi connectivity index (χ0) is 26.4. The zero-order valence-corrected chi connectivity index (χ0v) is 21.4. The van der Waals surface area contributed by atoms with Crippen LogP contribution in [0, 0.1) is 0 Å². The standard InChI is InChI=1S/C26H29N7O4S/c34-21-10-8-20(9-11-21)30-26-32-24(31-25(33-26)29-19-5-2-1-3-6-19)28-13-15-37-17-16-36-14-12-27-23(35)22-7-4-18-38-22/h1-11,18,34H,12-17H2,(H,27,35)(H3,28,29,30,31,32,33). The Labute approximate surface area is 224 Å². The number of carbonyl (C=O) groups is 1. The van der Waals surface area contributed by atoms with Gasteiger partial charge in [0, 0.05) is 24.5 Å². The van der Waals surface area contributed by atoms with Gasteiger partial charge in [0.15, 0.2) is 0 Å². The molecule has 11 nitrogen and oxygen atoms in total. The molecule has 0 fully saturated rings. The van der Waals surface area contributed by atoms with Gasteiger partial charge in [-0.25, -0.2) is 0 Å². The summed E-state index contributed by atoms with van der Waals surface area (Å²) in [7, 11) is 0. The Bertz CT molecular complexity index is 1260. The summed E-state index contributed by atoms with van der Waals surface area (Å²) >= 11 is 1.40. The number of nitrogens with one attached hydrogen (secondary N) is 4. The monoisotopic (exact) mass is 535 g/mol. The van der Waals surface area contributed by atoms with Crippen molar-refractivity contribution in [2.75, 3.05) is 55.5 Å². The molecule has 0 aliphatic carbocycles. The number of para-hydroxylation sites is 1. The third kappa shape index (κ3) is 9.00. The van der Waals surface area contributed by atoms with Crippen LogP contribution < -0.4 is 21.3 Å². The van der Waals surface area contributed by atoms with Crippen molar-refractivity contribution in [1.82, 2.24) is 20.3 Å². The molecule has 12 heteroatoms. The number of phenols is 1. The molecule has 4 aromatic rings. The van der Waals surface area contributed by atoms with Gasteiger partial charge in [0.25, 0.3) is 5.91 Å². The number of carbonyl (C=O) groups excluding carboxylic acids is 1. The summed E-state index contributed by atoms with van der Waals surface area (Å²) in [6.07, 6.45) is 0. The van der Waals surface area contributed by atoms with E-state index in [4.69, 9.17) is 9.47 Å². The number of phenolic OH excluding ortho intramolecular Hbond substituents is 1. The molecule has 38 heavy (non-hydrogen) atoms. The van der Waals surface area contributed by atoms with E-state index >= 15 is 0 Å². The first-order valence-corrected chi connectivity index (χ1v) is 12.9. The second-order valence-corrected chi connectivity index (χ2v) is 8.80. The molecule has 0 radical (unpaired) electrons. The van der Waals surface area contributed by atoms with Crippen LogP contribution in [-0.2, 0) is 9.47 Å². The molecule has 1 amide bonds. The van der Waals surface area contributed by atoms with E-state index in [0.717, 1.165) is 11.4 Å². The number of aromatic hydroxyl groups is 1. The fraction of sp³-hybridized carbons (Fsp3) is 0.231. The average molecular weight is 536 g/mol. The maximum absolute atomic E-state index is 11.8. The Morgan fingerprint density at radius 1 is 0.737 bits per heavy atom. The van der Waals surface area contributed by atoms with Crippen molar-refractivity contribution >= 4 is 46.5 Å². The second-order valence-electron chi connectivity index (χ2n) is 7.85. The van der Waals surface area contributed by atoms with Crippen molar-refractivity contribution in [3.63, 3.8) is 0 Å². The summed E-state index contributed by atoms with van der Waals surface area (Å²) in [5, 5.41) is 23.6. The molecule has 4 rings (SSSR count). The molecule has 198 valence electrons. The Kier molecular flexibility index (Phi) is 10.2. The molecule has 0 spiro atoms. The normalized spacial score (nSPS) is 10.6. The number of nitrogens with zero attached hydrogens (tertiary/aromatic N) is 3. The summed E-state index contributed by atoms with van der Waals surface area (Å²) in [6, 6.07) is 19.8. The van der Waals surface area contributed by atoms with Crippen molar-refractivity contribution < 1.29 is 19.4 Å². The molecular weight excluding hydrogens is 506 g/mol. The number of ether oxygens (including phenoxy) is 2. The first kappa shape index (κ1) is 26.8. The molecule has 0 aliphatic heterocycles. The Morgan fingerprint density at radius 2 is 1.37 bits per heavy atom. The number of rotatable bonds is 15. The van der Waals surface area contributed by atoms with Crippen molar-refractivity contribution in [2.45, 2.75) is 0 Å². The molecular formula is C26H29N7O4S. The zero-order valence-electron chi connectivity index (χ0n) is 20.6. The van der Waals surface area contributed by atoms with Crippen LogP contribution in [0.2, 0.25) is 0 Å². The lowest BCUT2D eigenvalue weighted by Gasteiger charge is -2.12. The van der Waals surface area contributed by atoms with E-state index in [1.807, 2.05) is 41.8 Å². The molecule has 0 bridgehead atoms. The van der Waals surface area contributed by atoms with Crippen LogP contribution in [0.5, 0.6) is 5.75 Å². The predicted molar refractivity (Wildman–Crippen MR) is 148 cm³/mol. The number of aromatic nitrogens is 3. The summed E-state index contributed by atoms with van der Waals surface area (Å²) in [5.41, 5.74) is 1.56. The number of amides is 1. The lowest BCUT2D eigenvalue weighted by atomic mass is 10.3. The van der Waals surface area contributed by atoms with E-state index in [2.05, 4.69) is 36.2 Å². The van der Waals surface area contributed by atoms with Gasteiger partial charge in [0.05, 0.1) is 31.3 Å². The van der Waals surface area contributed by atoms with Crippen LogP contribution >= 0.6 is 11.3 Å². The highest BCUT2D eigenvalue weighted by molar-refractivity contribution is 7.12. The number of thiophene rings is 1. The smallest absolute Gasteiger partial charge is 0.261 e. The molecule has 0 saturated carbocycles. The highest BCUT2D eigenvalue weighted by Gasteiger charge is 2.08. The van der Waals surface area contributed by atoms with Crippen LogP contribution in [0.4, 0.5) is 29.2 Å². The van der Waals surface area contributed by atoms with E-state index in [9.17, 15) is 9.90 Å².